The maximum absolute atomic E-state index is 13.0. The molecule has 0 saturated carbocycles. The second kappa shape index (κ2) is 6.90. The highest BCUT2D eigenvalue weighted by Crippen LogP contribution is 2.27. The summed E-state index contributed by atoms with van der Waals surface area (Å²) in [4.78, 5) is 31.2. The van der Waals surface area contributed by atoms with Gasteiger partial charge in [0.05, 0.1) is 10.9 Å². The van der Waals surface area contributed by atoms with Crippen LogP contribution >= 0.6 is 15.9 Å². The summed E-state index contributed by atoms with van der Waals surface area (Å²) in [6.07, 6.45) is 0.928. The van der Waals surface area contributed by atoms with Crippen LogP contribution in [0.2, 0.25) is 0 Å². The second-order valence-corrected chi connectivity index (χ2v) is 8.33. The van der Waals surface area contributed by atoms with Crippen molar-refractivity contribution in [3.63, 3.8) is 0 Å². The maximum atomic E-state index is 13.0. The minimum absolute atomic E-state index is 0.0924. The standard InChI is InChI=1S/C18H23BrN4O3/c1-18(2,3)26-17(25)22-9-7-11(8-10-22)23-15(24)14-12(19)5-4-6-13(14)21-16(23)20/h4-6,11H,7-10H2,1-3H3,(H2,20,21). The van der Waals surface area contributed by atoms with E-state index >= 15 is 0 Å². The predicted octanol–water partition coefficient (Wildman–Crippen LogP) is 3.31. The van der Waals surface area contributed by atoms with E-state index in [2.05, 4.69) is 20.9 Å². The summed E-state index contributed by atoms with van der Waals surface area (Å²) in [5.41, 5.74) is 5.97. The fourth-order valence-electron chi connectivity index (χ4n) is 3.21. The highest BCUT2D eigenvalue weighted by molar-refractivity contribution is 9.10. The summed E-state index contributed by atoms with van der Waals surface area (Å²) in [6.45, 7) is 6.56. The van der Waals surface area contributed by atoms with E-state index in [1.807, 2.05) is 32.9 Å². The molecule has 8 heteroatoms. The molecule has 1 saturated heterocycles. The van der Waals surface area contributed by atoms with Gasteiger partial charge in [-0.2, -0.15) is 0 Å². The van der Waals surface area contributed by atoms with Crippen molar-refractivity contribution in [1.82, 2.24) is 14.5 Å². The highest BCUT2D eigenvalue weighted by atomic mass is 79.9. The van der Waals surface area contributed by atoms with E-state index in [4.69, 9.17) is 10.5 Å². The van der Waals surface area contributed by atoms with Gasteiger partial charge in [-0.05, 0) is 61.7 Å². The van der Waals surface area contributed by atoms with E-state index in [0.717, 1.165) is 0 Å². The number of nitrogen functional groups attached to an aromatic ring is 1. The van der Waals surface area contributed by atoms with Crippen molar-refractivity contribution in [2.24, 2.45) is 0 Å². The van der Waals surface area contributed by atoms with Crippen LogP contribution in [0.15, 0.2) is 27.5 Å². The molecule has 2 N–H and O–H groups in total. The third kappa shape index (κ3) is 3.70. The SMILES string of the molecule is CC(C)(C)OC(=O)N1CCC(n2c(N)nc3cccc(Br)c3c2=O)CC1. The molecule has 0 aliphatic carbocycles. The van der Waals surface area contributed by atoms with E-state index in [9.17, 15) is 9.59 Å². The number of fused-ring (bicyclic) bond motifs is 1. The zero-order valence-electron chi connectivity index (χ0n) is 15.2. The molecule has 1 fully saturated rings. The lowest BCUT2D eigenvalue weighted by Gasteiger charge is -2.34. The first kappa shape index (κ1) is 18.7. The van der Waals surface area contributed by atoms with Crippen molar-refractivity contribution >= 4 is 38.9 Å². The molecule has 1 aromatic carbocycles. The van der Waals surface area contributed by atoms with Crippen LogP contribution in [0, 0.1) is 0 Å². The number of likely N-dealkylation sites (tertiary alicyclic amines) is 1. The number of carbonyl (C=O) groups is 1. The number of benzene rings is 1. The number of nitrogens with two attached hydrogens (primary N) is 1. The molecule has 0 atom stereocenters. The molecule has 0 unspecified atom stereocenters. The molecular weight excluding hydrogens is 400 g/mol. The zero-order valence-corrected chi connectivity index (χ0v) is 16.7. The Morgan fingerprint density at radius 2 is 1.96 bits per heavy atom. The summed E-state index contributed by atoms with van der Waals surface area (Å²) in [5, 5.41) is 0.524. The monoisotopic (exact) mass is 422 g/mol. The van der Waals surface area contributed by atoms with Gasteiger partial charge in [0.1, 0.15) is 5.60 Å². The Kier molecular flexibility index (Phi) is 4.96. The Bertz CT molecular complexity index is 896. The van der Waals surface area contributed by atoms with E-state index in [-0.39, 0.29) is 23.6 Å². The molecule has 1 aromatic heterocycles. The first-order chi connectivity index (χ1) is 12.2. The topological polar surface area (TPSA) is 90.4 Å². The fourth-order valence-corrected chi connectivity index (χ4v) is 3.73. The number of piperidine rings is 1. The largest absolute Gasteiger partial charge is 0.444 e. The molecule has 3 rings (SSSR count). The maximum Gasteiger partial charge on any atom is 0.410 e. The van der Waals surface area contributed by atoms with Crippen molar-refractivity contribution in [2.75, 3.05) is 18.8 Å². The van der Waals surface area contributed by atoms with Crippen molar-refractivity contribution in [1.29, 1.82) is 0 Å². The molecule has 0 spiro atoms. The molecule has 2 heterocycles. The Labute approximate surface area is 160 Å². The number of amides is 1. The molecule has 1 amide bonds. The van der Waals surface area contributed by atoms with Crippen LogP contribution in [0.4, 0.5) is 10.7 Å². The number of hydrogen-bond donors (Lipinski definition) is 1. The lowest BCUT2D eigenvalue weighted by atomic mass is 10.0. The average Bonchev–Trinajstić information content (AvgIpc) is 2.53. The van der Waals surface area contributed by atoms with Crippen molar-refractivity contribution in [3.05, 3.63) is 33.0 Å². The van der Waals surface area contributed by atoms with Crippen LogP contribution in [-0.2, 0) is 4.74 Å². The summed E-state index contributed by atoms with van der Waals surface area (Å²) in [7, 11) is 0. The number of aromatic nitrogens is 2. The van der Waals surface area contributed by atoms with Gasteiger partial charge in [0.2, 0.25) is 5.95 Å². The van der Waals surface area contributed by atoms with Gasteiger partial charge in [-0.15, -0.1) is 0 Å². The lowest BCUT2D eigenvalue weighted by molar-refractivity contribution is 0.0188. The predicted molar refractivity (Wildman–Crippen MR) is 104 cm³/mol. The second-order valence-electron chi connectivity index (χ2n) is 7.48. The number of hydrogen-bond acceptors (Lipinski definition) is 5. The fraction of sp³-hybridized carbons (Fsp3) is 0.500. The first-order valence-corrected chi connectivity index (χ1v) is 9.41. The minimum atomic E-state index is -0.524. The molecule has 140 valence electrons. The molecule has 2 aromatic rings. The van der Waals surface area contributed by atoms with Gasteiger partial charge in [-0.1, -0.05) is 6.07 Å². The molecule has 0 radical (unpaired) electrons. The molecular formula is C18H23BrN4O3. The summed E-state index contributed by atoms with van der Waals surface area (Å²) in [6, 6.07) is 5.32. The van der Waals surface area contributed by atoms with Gasteiger partial charge in [0.25, 0.3) is 5.56 Å². The molecule has 7 nitrogen and oxygen atoms in total. The number of nitrogens with zero attached hydrogens (tertiary/aromatic N) is 3. The van der Waals surface area contributed by atoms with Crippen LogP contribution in [0.3, 0.4) is 0 Å². The summed E-state index contributed by atoms with van der Waals surface area (Å²) < 4.78 is 7.67. The summed E-state index contributed by atoms with van der Waals surface area (Å²) >= 11 is 3.42. The molecule has 1 aliphatic heterocycles. The third-order valence-corrected chi connectivity index (χ3v) is 5.05. The van der Waals surface area contributed by atoms with Crippen LogP contribution in [0.25, 0.3) is 10.9 Å². The minimum Gasteiger partial charge on any atom is -0.444 e. The van der Waals surface area contributed by atoms with E-state index in [0.29, 0.717) is 41.3 Å². The smallest absolute Gasteiger partial charge is 0.410 e. The van der Waals surface area contributed by atoms with E-state index in [1.165, 1.54) is 0 Å². The van der Waals surface area contributed by atoms with Gasteiger partial charge in [-0.3, -0.25) is 9.36 Å². The average molecular weight is 423 g/mol. The molecule has 0 bridgehead atoms. The molecule has 1 aliphatic rings. The van der Waals surface area contributed by atoms with E-state index in [1.54, 1.807) is 15.5 Å². The number of halogens is 1. The first-order valence-electron chi connectivity index (χ1n) is 8.61. The van der Waals surface area contributed by atoms with Crippen LogP contribution in [-0.4, -0.2) is 39.2 Å². The van der Waals surface area contributed by atoms with Gasteiger partial charge < -0.3 is 15.4 Å². The Balaban J connectivity index is 1.83. The quantitative estimate of drug-likeness (QED) is 0.760. The van der Waals surface area contributed by atoms with Crippen molar-refractivity contribution in [2.45, 2.75) is 45.3 Å². The normalized spacial score (nSPS) is 16.1. The van der Waals surface area contributed by atoms with Crippen LogP contribution < -0.4 is 11.3 Å². The van der Waals surface area contributed by atoms with Crippen molar-refractivity contribution < 1.29 is 9.53 Å². The number of anilines is 1. The zero-order chi connectivity index (χ0) is 19.1. The third-order valence-electron chi connectivity index (χ3n) is 4.39. The van der Waals surface area contributed by atoms with Crippen LogP contribution in [0.5, 0.6) is 0 Å². The Hall–Kier alpha value is -2.09. The molecule has 26 heavy (non-hydrogen) atoms. The van der Waals surface area contributed by atoms with Gasteiger partial charge >= 0.3 is 6.09 Å². The Morgan fingerprint density at radius 1 is 1.31 bits per heavy atom. The Morgan fingerprint density at radius 3 is 2.58 bits per heavy atom. The van der Waals surface area contributed by atoms with E-state index < -0.39 is 5.60 Å². The van der Waals surface area contributed by atoms with Gasteiger partial charge in [-0.25, -0.2) is 9.78 Å². The lowest BCUT2D eigenvalue weighted by Crippen LogP contribution is -2.43. The van der Waals surface area contributed by atoms with Gasteiger partial charge in [0.15, 0.2) is 0 Å². The summed E-state index contributed by atoms with van der Waals surface area (Å²) in [5.74, 6) is 0.205. The van der Waals surface area contributed by atoms with Crippen molar-refractivity contribution in [3.8, 4) is 0 Å². The highest BCUT2D eigenvalue weighted by Gasteiger charge is 2.29. The van der Waals surface area contributed by atoms with Crippen LogP contribution in [0.1, 0.15) is 39.7 Å². The number of rotatable bonds is 1. The number of carbonyl (C=O) groups excluding carboxylic acids is 1. The number of ether oxygens (including phenoxy) is 1. The van der Waals surface area contributed by atoms with Gasteiger partial charge in [0, 0.05) is 23.6 Å².